The van der Waals surface area contributed by atoms with Gasteiger partial charge in [0.25, 0.3) is 0 Å². The standard InChI is InChI=1S/C22H28N2/c1(3-11-17-23-19-21-13-7-5-8-14-21)2-4-12-18-24-20-22-15-9-6-10-16-22/h5-10,13-16,19-20H,1-4,11-12,17-18H2/b23-19+,24-20+. The first-order valence-electron chi connectivity index (χ1n) is 9.05. The lowest BCUT2D eigenvalue weighted by Crippen LogP contribution is -1.87. The molecular formula is C22H28N2. The van der Waals surface area contributed by atoms with Crippen molar-refractivity contribution in [3.8, 4) is 0 Å². The summed E-state index contributed by atoms with van der Waals surface area (Å²) in [6.45, 7) is 1.88. The van der Waals surface area contributed by atoms with Crippen LogP contribution in [0.1, 0.15) is 49.7 Å². The Morgan fingerprint density at radius 3 is 1.29 bits per heavy atom. The molecule has 0 bridgehead atoms. The van der Waals surface area contributed by atoms with E-state index in [2.05, 4.69) is 34.3 Å². The molecule has 0 unspecified atom stereocenters. The maximum absolute atomic E-state index is 4.48. The zero-order valence-corrected chi connectivity index (χ0v) is 14.5. The van der Waals surface area contributed by atoms with E-state index in [9.17, 15) is 0 Å². The van der Waals surface area contributed by atoms with Crippen LogP contribution in [0.25, 0.3) is 0 Å². The minimum Gasteiger partial charge on any atom is -0.293 e. The van der Waals surface area contributed by atoms with Crippen LogP contribution in [0.2, 0.25) is 0 Å². The number of unbranched alkanes of at least 4 members (excludes halogenated alkanes) is 5. The molecule has 0 radical (unpaired) electrons. The second-order valence-corrected chi connectivity index (χ2v) is 6.01. The number of hydrogen-bond donors (Lipinski definition) is 0. The van der Waals surface area contributed by atoms with E-state index in [1.807, 2.05) is 48.8 Å². The van der Waals surface area contributed by atoms with Gasteiger partial charge in [0.1, 0.15) is 0 Å². The summed E-state index contributed by atoms with van der Waals surface area (Å²) in [5.41, 5.74) is 2.38. The van der Waals surface area contributed by atoms with E-state index in [0.29, 0.717) is 0 Å². The van der Waals surface area contributed by atoms with Gasteiger partial charge in [-0.1, -0.05) is 86.3 Å². The zero-order valence-electron chi connectivity index (χ0n) is 14.5. The highest BCUT2D eigenvalue weighted by Crippen LogP contribution is 2.06. The fourth-order valence-electron chi connectivity index (χ4n) is 2.53. The lowest BCUT2D eigenvalue weighted by molar-refractivity contribution is 0.602. The summed E-state index contributed by atoms with van der Waals surface area (Å²) < 4.78 is 0. The monoisotopic (exact) mass is 320 g/mol. The summed E-state index contributed by atoms with van der Waals surface area (Å²) in [6, 6.07) is 20.6. The molecule has 0 aliphatic carbocycles. The van der Waals surface area contributed by atoms with Crippen molar-refractivity contribution in [2.75, 3.05) is 13.1 Å². The van der Waals surface area contributed by atoms with Gasteiger partial charge in [-0.2, -0.15) is 0 Å². The molecule has 2 nitrogen and oxygen atoms in total. The highest BCUT2D eigenvalue weighted by molar-refractivity contribution is 5.79. The van der Waals surface area contributed by atoms with Crippen LogP contribution in [-0.2, 0) is 0 Å². The van der Waals surface area contributed by atoms with Crippen molar-refractivity contribution in [1.82, 2.24) is 0 Å². The molecule has 2 aromatic rings. The Labute approximate surface area is 146 Å². The molecule has 2 aromatic carbocycles. The Morgan fingerprint density at radius 2 is 0.875 bits per heavy atom. The van der Waals surface area contributed by atoms with E-state index in [1.54, 1.807) is 0 Å². The summed E-state index contributed by atoms with van der Waals surface area (Å²) >= 11 is 0. The van der Waals surface area contributed by atoms with Gasteiger partial charge >= 0.3 is 0 Å². The summed E-state index contributed by atoms with van der Waals surface area (Å²) in [5.74, 6) is 0. The summed E-state index contributed by atoms with van der Waals surface area (Å²) in [6.07, 6.45) is 11.5. The lowest BCUT2D eigenvalue weighted by atomic mass is 10.1. The normalized spacial score (nSPS) is 11.5. The number of hydrogen-bond acceptors (Lipinski definition) is 2. The zero-order chi connectivity index (χ0) is 16.7. The second kappa shape index (κ2) is 12.2. The van der Waals surface area contributed by atoms with E-state index in [-0.39, 0.29) is 0 Å². The van der Waals surface area contributed by atoms with Gasteiger partial charge < -0.3 is 0 Å². The molecule has 0 aromatic heterocycles. The smallest absolute Gasteiger partial charge is 0.0389 e. The van der Waals surface area contributed by atoms with Gasteiger partial charge in [0.15, 0.2) is 0 Å². The molecule has 2 heteroatoms. The van der Waals surface area contributed by atoms with Crippen LogP contribution in [0.15, 0.2) is 70.6 Å². The molecule has 0 spiro atoms. The molecule has 2 rings (SSSR count). The van der Waals surface area contributed by atoms with Crippen molar-refractivity contribution in [3.05, 3.63) is 71.8 Å². The Balaban J connectivity index is 1.40. The molecule has 0 heterocycles. The molecule has 24 heavy (non-hydrogen) atoms. The highest BCUT2D eigenvalue weighted by Gasteiger charge is 1.91. The first kappa shape index (κ1) is 18.1. The summed E-state index contributed by atoms with van der Waals surface area (Å²) in [7, 11) is 0. The van der Waals surface area contributed by atoms with Crippen molar-refractivity contribution >= 4 is 12.4 Å². The van der Waals surface area contributed by atoms with E-state index < -0.39 is 0 Å². The third kappa shape index (κ3) is 8.42. The van der Waals surface area contributed by atoms with Crippen LogP contribution in [-0.4, -0.2) is 25.5 Å². The van der Waals surface area contributed by atoms with Crippen LogP contribution in [0.5, 0.6) is 0 Å². The van der Waals surface area contributed by atoms with Crippen molar-refractivity contribution < 1.29 is 0 Å². The summed E-state index contributed by atoms with van der Waals surface area (Å²) in [5, 5.41) is 0. The topological polar surface area (TPSA) is 24.7 Å². The second-order valence-electron chi connectivity index (χ2n) is 6.01. The van der Waals surface area contributed by atoms with Gasteiger partial charge in [-0.25, -0.2) is 0 Å². The van der Waals surface area contributed by atoms with Crippen molar-refractivity contribution in [2.24, 2.45) is 9.98 Å². The predicted molar refractivity (Wildman–Crippen MR) is 106 cm³/mol. The summed E-state index contributed by atoms with van der Waals surface area (Å²) in [4.78, 5) is 8.97. The molecule has 0 saturated heterocycles. The SMILES string of the molecule is C(=N\CCCCCCCC/N=C/c1ccccc1)/c1ccccc1. The van der Waals surface area contributed by atoms with Crippen LogP contribution in [0, 0.1) is 0 Å². The number of aliphatic imine (C=N–C) groups is 2. The first-order valence-corrected chi connectivity index (χ1v) is 9.05. The van der Waals surface area contributed by atoms with Gasteiger partial charge in [-0.15, -0.1) is 0 Å². The fraction of sp³-hybridized carbons (Fsp3) is 0.364. The molecule has 0 aliphatic heterocycles. The van der Waals surface area contributed by atoms with Crippen molar-refractivity contribution in [3.63, 3.8) is 0 Å². The average molecular weight is 320 g/mol. The van der Waals surface area contributed by atoms with Crippen LogP contribution < -0.4 is 0 Å². The Kier molecular flexibility index (Phi) is 9.24. The average Bonchev–Trinajstić information content (AvgIpc) is 2.64. The van der Waals surface area contributed by atoms with Gasteiger partial charge in [0.2, 0.25) is 0 Å². The number of rotatable bonds is 11. The predicted octanol–water partition coefficient (Wildman–Crippen LogP) is 5.57. The van der Waals surface area contributed by atoms with Gasteiger partial charge in [-0.05, 0) is 24.0 Å². The van der Waals surface area contributed by atoms with E-state index in [0.717, 1.165) is 13.1 Å². The molecule has 0 fully saturated rings. The van der Waals surface area contributed by atoms with Gasteiger partial charge in [0.05, 0.1) is 0 Å². The maximum atomic E-state index is 4.48. The van der Waals surface area contributed by atoms with E-state index in [4.69, 9.17) is 0 Å². The van der Waals surface area contributed by atoms with E-state index in [1.165, 1.54) is 49.7 Å². The number of nitrogens with zero attached hydrogens (tertiary/aromatic N) is 2. The Hall–Kier alpha value is -2.22. The third-order valence-corrected chi connectivity index (χ3v) is 3.90. The molecule has 0 aliphatic rings. The molecule has 126 valence electrons. The van der Waals surface area contributed by atoms with Crippen molar-refractivity contribution in [1.29, 1.82) is 0 Å². The Bertz CT molecular complexity index is 532. The van der Waals surface area contributed by atoms with Crippen LogP contribution in [0.4, 0.5) is 0 Å². The molecule has 0 atom stereocenters. The molecule has 0 saturated carbocycles. The minimum absolute atomic E-state index is 0.941. The maximum Gasteiger partial charge on any atom is 0.0389 e. The highest BCUT2D eigenvalue weighted by atomic mass is 14.7. The lowest BCUT2D eigenvalue weighted by Gasteiger charge is -1.99. The Morgan fingerprint density at radius 1 is 0.500 bits per heavy atom. The number of benzene rings is 2. The molecular weight excluding hydrogens is 292 g/mol. The quantitative estimate of drug-likeness (QED) is 0.382. The third-order valence-electron chi connectivity index (χ3n) is 3.90. The first-order chi connectivity index (χ1) is 11.9. The van der Waals surface area contributed by atoms with E-state index >= 15 is 0 Å². The van der Waals surface area contributed by atoms with Gasteiger partial charge in [0, 0.05) is 25.5 Å². The molecule has 0 amide bonds. The van der Waals surface area contributed by atoms with Gasteiger partial charge in [-0.3, -0.25) is 9.98 Å². The van der Waals surface area contributed by atoms with Crippen molar-refractivity contribution in [2.45, 2.75) is 38.5 Å². The largest absolute Gasteiger partial charge is 0.293 e. The minimum atomic E-state index is 0.941. The van der Waals surface area contributed by atoms with Crippen LogP contribution >= 0.6 is 0 Å². The molecule has 0 N–H and O–H groups in total. The fourth-order valence-corrected chi connectivity index (χ4v) is 2.53. The van der Waals surface area contributed by atoms with Crippen LogP contribution in [0.3, 0.4) is 0 Å².